The summed E-state index contributed by atoms with van der Waals surface area (Å²) in [6.07, 6.45) is 71.0. The third-order valence-corrected chi connectivity index (χ3v) is 13.8. The van der Waals surface area contributed by atoms with E-state index >= 15 is 0 Å². The zero-order chi connectivity index (χ0) is 44.9. The third kappa shape index (κ3) is 50.1. The van der Waals surface area contributed by atoms with E-state index in [9.17, 15) is 15.0 Å². The van der Waals surface area contributed by atoms with Gasteiger partial charge in [0.05, 0.1) is 18.8 Å². The number of unbranched alkanes of at least 4 members (excludes halogenated alkanes) is 47. The molecule has 370 valence electrons. The van der Waals surface area contributed by atoms with Gasteiger partial charge in [-0.25, -0.2) is 0 Å². The van der Waals surface area contributed by atoms with Gasteiger partial charge in [-0.15, -0.1) is 0 Å². The minimum atomic E-state index is -0.835. The minimum absolute atomic E-state index is 0.0553. The van der Waals surface area contributed by atoms with Crippen LogP contribution in [0.1, 0.15) is 335 Å². The molecule has 2 unspecified atom stereocenters. The average molecular weight is 875 g/mol. The quantitative estimate of drug-likeness (QED) is 0.0421. The van der Waals surface area contributed by atoms with Crippen LogP contribution in [0.15, 0.2) is 12.2 Å². The molecule has 0 saturated heterocycles. The van der Waals surface area contributed by atoms with Crippen molar-refractivity contribution in [3.05, 3.63) is 12.2 Å². The van der Waals surface area contributed by atoms with Crippen LogP contribution in [0.3, 0.4) is 0 Å². The van der Waals surface area contributed by atoms with Crippen molar-refractivity contribution < 1.29 is 15.0 Å². The Morgan fingerprint density at radius 2 is 0.597 bits per heavy atom. The van der Waals surface area contributed by atoms with E-state index in [0.717, 1.165) is 25.7 Å². The second-order valence-corrected chi connectivity index (χ2v) is 20.1. The first-order valence-electron chi connectivity index (χ1n) is 28.9. The van der Waals surface area contributed by atoms with Gasteiger partial charge < -0.3 is 15.5 Å². The van der Waals surface area contributed by atoms with Gasteiger partial charge in [0.25, 0.3) is 0 Å². The van der Waals surface area contributed by atoms with Crippen LogP contribution in [0.2, 0.25) is 0 Å². The first kappa shape index (κ1) is 61.1. The Morgan fingerprint density at radius 1 is 0.371 bits per heavy atom. The molecule has 0 aromatic carbocycles. The Hall–Kier alpha value is -0.870. The van der Waals surface area contributed by atoms with Crippen molar-refractivity contribution in [2.45, 2.75) is 347 Å². The molecule has 3 N–H and O–H groups in total. The Kier molecular flexibility index (Phi) is 53.7. The van der Waals surface area contributed by atoms with E-state index in [4.69, 9.17) is 0 Å². The molecule has 4 heteroatoms. The molecule has 1 amide bonds. The molecule has 0 aromatic heterocycles. The van der Waals surface area contributed by atoms with Crippen molar-refractivity contribution in [3.63, 3.8) is 0 Å². The van der Waals surface area contributed by atoms with Crippen molar-refractivity contribution in [1.29, 1.82) is 0 Å². The summed E-state index contributed by atoms with van der Waals surface area (Å²) < 4.78 is 0. The van der Waals surface area contributed by atoms with E-state index in [1.165, 1.54) is 289 Å². The molecule has 0 radical (unpaired) electrons. The Morgan fingerprint density at radius 3 is 0.839 bits per heavy atom. The molecule has 0 aliphatic heterocycles. The smallest absolute Gasteiger partial charge is 0.220 e. The predicted molar refractivity (Wildman–Crippen MR) is 276 cm³/mol. The molecule has 0 aromatic rings. The summed E-state index contributed by atoms with van der Waals surface area (Å²) in [4.78, 5) is 12.5. The molecule has 0 heterocycles. The first-order chi connectivity index (χ1) is 30.7. The summed E-state index contributed by atoms with van der Waals surface area (Å²) in [5.74, 6) is -0.0553. The molecule has 62 heavy (non-hydrogen) atoms. The van der Waals surface area contributed by atoms with Crippen molar-refractivity contribution in [2.75, 3.05) is 6.61 Å². The largest absolute Gasteiger partial charge is 0.394 e. The summed E-state index contributed by atoms with van der Waals surface area (Å²) in [6, 6.07) is -0.618. The van der Waals surface area contributed by atoms with Gasteiger partial charge in [0.2, 0.25) is 5.91 Å². The van der Waals surface area contributed by atoms with Crippen LogP contribution in [0.5, 0.6) is 0 Å². The highest BCUT2D eigenvalue weighted by atomic mass is 16.3. The van der Waals surface area contributed by atoms with Crippen molar-refractivity contribution in [3.8, 4) is 0 Å². The highest BCUT2D eigenvalue weighted by molar-refractivity contribution is 5.76. The van der Waals surface area contributed by atoms with Gasteiger partial charge in [-0.1, -0.05) is 321 Å². The van der Waals surface area contributed by atoms with Crippen LogP contribution in [0.25, 0.3) is 0 Å². The molecule has 2 atom stereocenters. The van der Waals surface area contributed by atoms with E-state index in [0.29, 0.717) is 6.42 Å². The Labute approximate surface area is 390 Å². The lowest BCUT2D eigenvalue weighted by Crippen LogP contribution is -2.45. The normalized spacial score (nSPS) is 12.8. The molecule has 0 aliphatic rings. The van der Waals surface area contributed by atoms with E-state index in [2.05, 4.69) is 19.2 Å². The second-order valence-electron chi connectivity index (χ2n) is 20.1. The van der Waals surface area contributed by atoms with Gasteiger partial charge in [0.1, 0.15) is 0 Å². The lowest BCUT2D eigenvalue weighted by molar-refractivity contribution is -0.123. The number of hydrogen-bond acceptors (Lipinski definition) is 3. The lowest BCUT2D eigenvalue weighted by Gasteiger charge is -2.20. The van der Waals surface area contributed by atoms with Gasteiger partial charge in [-0.3, -0.25) is 4.79 Å². The van der Waals surface area contributed by atoms with Crippen LogP contribution in [0.4, 0.5) is 0 Å². The maximum atomic E-state index is 12.5. The fourth-order valence-corrected chi connectivity index (χ4v) is 9.36. The van der Waals surface area contributed by atoms with Crippen molar-refractivity contribution in [2.24, 2.45) is 0 Å². The fraction of sp³-hybridized carbons (Fsp3) is 0.948. The number of aliphatic hydroxyl groups is 2. The van der Waals surface area contributed by atoms with E-state index < -0.39 is 12.1 Å². The zero-order valence-electron chi connectivity index (χ0n) is 42.7. The highest BCUT2D eigenvalue weighted by Gasteiger charge is 2.18. The number of amides is 1. The van der Waals surface area contributed by atoms with Crippen molar-refractivity contribution >= 4 is 5.91 Å². The number of carbonyl (C=O) groups excluding carboxylic acids is 1. The molecule has 4 nitrogen and oxygen atoms in total. The number of rotatable bonds is 54. The second kappa shape index (κ2) is 54.5. The third-order valence-electron chi connectivity index (χ3n) is 13.8. The maximum absolute atomic E-state index is 12.5. The van der Waals surface area contributed by atoms with Crippen LogP contribution >= 0.6 is 0 Å². The molecule has 0 bridgehead atoms. The summed E-state index contributed by atoms with van der Waals surface area (Å²) in [6.45, 7) is 4.35. The number of nitrogens with one attached hydrogen (secondary N) is 1. The van der Waals surface area contributed by atoms with Gasteiger partial charge >= 0.3 is 0 Å². The predicted octanol–water partition coefficient (Wildman–Crippen LogP) is 18.9. The molecular formula is C58H115NO3. The Balaban J connectivity index is 3.43. The highest BCUT2D eigenvalue weighted by Crippen LogP contribution is 2.18. The van der Waals surface area contributed by atoms with Gasteiger partial charge in [0.15, 0.2) is 0 Å². The molecule has 0 aliphatic carbocycles. The number of aliphatic hydroxyl groups excluding tert-OH is 2. The fourth-order valence-electron chi connectivity index (χ4n) is 9.36. The van der Waals surface area contributed by atoms with Crippen LogP contribution < -0.4 is 5.32 Å². The van der Waals surface area contributed by atoms with E-state index in [-0.39, 0.29) is 12.5 Å². The van der Waals surface area contributed by atoms with Gasteiger partial charge in [0, 0.05) is 6.42 Å². The van der Waals surface area contributed by atoms with Gasteiger partial charge in [-0.2, -0.15) is 0 Å². The first-order valence-corrected chi connectivity index (χ1v) is 28.9. The molecule has 0 fully saturated rings. The van der Waals surface area contributed by atoms with E-state index in [1.807, 2.05) is 6.08 Å². The summed E-state index contributed by atoms with van der Waals surface area (Å²) in [5, 5.41) is 23.2. The van der Waals surface area contributed by atoms with E-state index in [1.54, 1.807) is 6.08 Å². The summed E-state index contributed by atoms with van der Waals surface area (Å²) in [5.41, 5.74) is 0. The summed E-state index contributed by atoms with van der Waals surface area (Å²) in [7, 11) is 0. The molecule has 0 rings (SSSR count). The number of hydrogen-bond donors (Lipinski definition) is 3. The SMILES string of the molecule is CCCCCCCCCCCCCCCCCCCCC/C=C/C(O)C(CO)NC(=O)CCCCCCCCCCCCCCCCCCCCCCCCCCCCCCC. The van der Waals surface area contributed by atoms with Crippen molar-refractivity contribution in [1.82, 2.24) is 5.32 Å². The molecule has 0 spiro atoms. The van der Waals surface area contributed by atoms with Crippen LogP contribution in [0, 0.1) is 0 Å². The number of carbonyl (C=O) groups is 1. The standard InChI is InChI=1S/C58H115NO3/c1-3-5-7-9-11-13-15-17-19-21-23-25-26-27-28-29-30-31-32-34-36-38-40-42-44-46-48-50-52-54-58(62)59-56(55-60)57(61)53-51-49-47-45-43-41-39-37-35-33-24-22-20-18-16-14-12-10-8-6-4-2/h51,53,56-57,60-61H,3-50,52,54-55H2,1-2H3,(H,59,62)/b53-51+. The average Bonchev–Trinajstić information content (AvgIpc) is 3.28. The summed E-state index contributed by atoms with van der Waals surface area (Å²) >= 11 is 0. The topological polar surface area (TPSA) is 69.6 Å². The Bertz CT molecular complexity index is 860. The lowest BCUT2D eigenvalue weighted by atomic mass is 10.0. The molecular weight excluding hydrogens is 759 g/mol. The van der Waals surface area contributed by atoms with Gasteiger partial charge in [-0.05, 0) is 19.3 Å². The maximum Gasteiger partial charge on any atom is 0.220 e. The number of allylic oxidation sites excluding steroid dienone is 1. The molecule has 0 saturated carbocycles. The minimum Gasteiger partial charge on any atom is -0.394 e. The monoisotopic (exact) mass is 874 g/mol. The zero-order valence-corrected chi connectivity index (χ0v) is 42.7. The van der Waals surface area contributed by atoms with Crippen LogP contribution in [-0.2, 0) is 4.79 Å². The van der Waals surface area contributed by atoms with Crippen LogP contribution in [-0.4, -0.2) is 34.9 Å².